The van der Waals surface area contributed by atoms with E-state index in [4.69, 9.17) is 0 Å². The predicted octanol–water partition coefficient (Wildman–Crippen LogP) is 15.1. The minimum absolute atomic E-state index is 0.366. The molecule has 4 saturated carbocycles. The summed E-state index contributed by atoms with van der Waals surface area (Å²) in [6, 6.07) is 65.2. The van der Waals surface area contributed by atoms with Crippen LogP contribution in [0.1, 0.15) is 44.1 Å². The Morgan fingerprint density at radius 1 is 0.418 bits per heavy atom. The molecule has 0 unspecified atom stereocenters. The summed E-state index contributed by atoms with van der Waals surface area (Å²) in [5.41, 5.74) is 11.3. The third-order valence-electron chi connectivity index (χ3n) is 13.0. The molecule has 2 nitrogen and oxygen atoms in total. The molecule has 4 bridgehead atoms. The predicted molar refractivity (Wildman–Crippen MR) is 234 cm³/mol. The van der Waals surface area contributed by atoms with Crippen LogP contribution < -0.4 is 9.80 Å². The van der Waals surface area contributed by atoms with Crippen LogP contribution in [0.3, 0.4) is 0 Å². The van der Waals surface area contributed by atoms with Crippen LogP contribution >= 0.6 is 11.3 Å². The Labute approximate surface area is 328 Å². The van der Waals surface area contributed by atoms with Crippen molar-refractivity contribution in [2.75, 3.05) is 9.80 Å². The lowest BCUT2D eigenvalue weighted by Gasteiger charge is -2.57. The molecule has 0 N–H and O–H groups in total. The molecule has 4 fully saturated rings. The number of rotatable bonds is 8. The molecule has 1 aromatic heterocycles. The number of thiophene rings is 1. The van der Waals surface area contributed by atoms with E-state index in [1.807, 2.05) is 11.3 Å². The summed E-state index contributed by atoms with van der Waals surface area (Å²) in [7, 11) is 0. The third kappa shape index (κ3) is 5.76. The van der Waals surface area contributed by atoms with E-state index in [2.05, 4.69) is 186 Å². The van der Waals surface area contributed by atoms with Gasteiger partial charge in [0.05, 0.1) is 5.69 Å². The van der Waals surface area contributed by atoms with Crippen molar-refractivity contribution in [1.82, 2.24) is 0 Å². The van der Waals surface area contributed by atoms with Gasteiger partial charge in [0.15, 0.2) is 0 Å². The number of hydrogen-bond donors (Lipinski definition) is 0. The first-order chi connectivity index (χ1) is 27.2. The first-order valence-corrected chi connectivity index (χ1v) is 20.9. The Morgan fingerprint density at radius 2 is 0.964 bits per heavy atom. The molecule has 0 saturated heterocycles. The first-order valence-electron chi connectivity index (χ1n) is 20.1. The monoisotopic (exact) mass is 728 g/mol. The minimum atomic E-state index is 0.366. The van der Waals surface area contributed by atoms with Crippen LogP contribution in [0.4, 0.5) is 34.1 Å². The smallest absolute Gasteiger partial charge is 0.0540 e. The van der Waals surface area contributed by atoms with Crippen LogP contribution in [0.5, 0.6) is 0 Å². The molecular formula is C52H44N2S. The van der Waals surface area contributed by atoms with Gasteiger partial charge in [-0.05, 0) is 146 Å². The van der Waals surface area contributed by atoms with Crippen LogP contribution in [0, 0.1) is 17.8 Å². The maximum Gasteiger partial charge on any atom is 0.0540 e. The van der Waals surface area contributed by atoms with Gasteiger partial charge in [-0.15, -0.1) is 11.3 Å². The number of hydrogen-bond acceptors (Lipinski definition) is 3. The summed E-state index contributed by atoms with van der Waals surface area (Å²) in [6.07, 6.45) is 8.54. The lowest BCUT2D eigenvalue weighted by molar-refractivity contribution is -0.00518. The SMILES string of the molecule is c1ccc(-c2ccccc2N(c2ccc(C34CC5CC(CC(C5)C3)C4)cc2)c2cccc(N(c3ccccc3)c3ccc4sc5ccccc5c4c3)c2)cc1. The van der Waals surface area contributed by atoms with Crippen LogP contribution in [-0.2, 0) is 5.41 Å². The van der Waals surface area contributed by atoms with E-state index in [9.17, 15) is 0 Å². The number of benzene rings is 7. The van der Waals surface area contributed by atoms with Crippen LogP contribution in [0.2, 0.25) is 0 Å². The van der Waals surface area contributed by atoms with Crippen molar-refractivity contribution in [3.05, 3.63) is 181 Å². The van der Waals surface area contributed by atoms with Crippen molar-refractivity contribution in [2.24, 2.45) is 17.8 Å². The highest BCUT2D eigenvalue weighted by atomic mass is 32.1. The summed E-state index contributed by atoms with van der Waals surface area (Å²) in [5, 5.41) is 2.61. The molecular weight excluding hydrogens is 685 g/mol. The molecule has 8 aromatic rings. The van der Waals surface area contributed by atoms with Crippen LogP contribution in [-0.4, -0.2) is 0 Å². The lowest BCUT2D eigenvalue weighted by Crippen LogP contribution is -2.48. The van der Waals surface area contributed by atoms with E-state index in [1.165, 1.54) is 81.2 Å². The molecule has 0 atom stereocenters. The van der Waals surface area contributed by atoms with E-state index >= 15 is 0 Å². The second kappa shape index (κ2) is 13.3. The highest BCUT2D eigenvalue weighted by Gasteiger charge is 2.51. The lowest BCUT2D eigenvalue weighted by atomic mass is 9.48. The highest BCUT2D eigenvalue weighted by molar-refractivity contribution is 7.25. The minimum Gasteiger partial charge on any atom is -0.310 e. The fourth-order valence-corrected chi connectivity index (χ4v) is 12.1. The molecule has 0 amide bonds. The highest BCUT2D eigenvalue weighted by Crippen LogP contribution is 2.61. The largest absolute Gasteiger partial charge is 0.310 e. The zero-order chi connectivity index (χ0) is 36.3. The Balaban J connectivity index is 1.06. The molecule has 55 heavy (non-hydrogen) atoms. The molecule has 1 heterocycles. The van der Waals surface area contributed by atoms with Gasteiger partial charge in [-0.2, -0.15) is 0 Å². The summed E-state index contributed by atoms with van der Waals surface area (Å²) in [5.74, 6) is 2.78. The Kier molecular flexibility index (Phi) is 7.91. The van der Waals surface area contributed by atoms with Crippen molar-refractivity contribution < 1.29 is 0 Å². The van der Waals surface area contributed by atoms with Crippen molar-refractivity contribution in [2.45, 2.75) is 43.9 Å². The Bertz CT molecular complexity index is 2610. The number of fused-ring (bicyclic) bond motifs is 3. The van der Waals surface area contributed by atoms with Gasteiger partial charge in [-0.25, -0.2) is 0 Å². The fourth-order valence-electron chi connectivity index (χ4n) is 11.0. The van der Waals surface area contributed by atoms with E-state index < -0.39 is 0 Å². The van der Waals surface area contributed by atoms with E-state index in [0.29, 0.717) is 5.41 Å². The Morgan fingerprint density at radius 3 is 1.71 bits per heavy atom. The molecule has 0 radical (unpaired) electrons. The van der Waals surface area contributed by atoms with Crippen LogP contribution in [0.15, 0.2) is 176 Å². The average molecular weight is 729 g/mol. The Hall–Kier alpha value is -5.64. The zero-order valence-electron chi connectivity index (χ0n) is 31.0. The molecule has 7 aromatic carbocycles. The summed E-state index contributed by atoms with van der Waals surface area (Å²) in [4.78, 5) is 4.89. The van der Waals surface area contributed by atoms with Gasteiger partial charge in [-0.1, -0.05) is 103 Å². The van der Waals surface area contributed by atoms with Gasteiger partial charge < -0.3 is 9.80 Å². The maximum absolute atomic E-state index is 2.49. The number of anilines is 6. The molecule has 4 aliphatic carbocycles. The van der Waals surface area contributed by atoms with Gasteiger partial charge in [0.2, 0.25) is 0 Å². The summed E-state index contributed by atoms with van der Waals surface area (Å²) < 4.78 is 2.64. The first kappa shape index (κ1) is 32.8. The van der Waals surface area contributed by atoms with Gasteiger partial charge in [-0.3, -0.25) is 0 Å². The molecule has 4 aliphatic rings. The topological polar surface area (TPSA) is 6.48 Å². The van der Waals surface area contributed by atoms with Crippen molar-refractivity contribution >= 4 is 65.6 Å². The average Bonchev–Trinajstić information content (AvgIpc) is 3.60. The summed E-state index contributed by atoms with van der Waals surface area (Å²) in [6.45, 7) is 0. The zero-order valence-corrected chi connectivity index (χ0v) is 31.8. The normalized spacial score (nSPS) is 21.3. The molecule has 12 rings (SSSR count). The second-order valence-electron chi connectivity index (χ2n) is 16.4. The second-order valence-corrected chi connectivity index (χ2v) is 17.5. The maximum atomic E-state index is 2.49. The van der Waals surface area contributed by atoms with Crippen molar-refractivity contribution in [3.8, 4) is 11.1 Å². The molecule has 0 spiro atoms. The summed E-state index contributed by atoms with van der Waals surface area (Å²) >= 11 is 1.87. The number of para-hydroxylation sites is 2. The number of nitrogens with zero attached hydrogens (tertiary/aromatic N) is 2. The van der Waals surface area contributed by atoms with Gasteiger partial charge >= 0.3 is 0 Å². The quantitative estimate of drug-likeness (QED) is 0.154. The fraction of sp³-hybridized carbons (Fsp3) is 0.192. The van der Waals surface area contributed by atoms with Crippen LogP contribution in [0.25, 0.3) is 31.3 Å². The van der Waals surface area contributed by atoms with E-state index in [-0.39, 0.29) is 0 Å². The van der Waals surface area contributed by atoms with Crippen molar-refractivity contribution in [3.63, 3.8) is 0 Å². The standard InChI is InChI=1S/C52H44N2S/c1-3-12-39(13-4-1)46-18-7-9-20-49(46)54(42-24-22-40(23-25-42)52-33-36-28-37(34-52)30-38(29-36)35-52)44-17-11-16-43(31-44)53(41-14-5-2-6-15-41)45-26-27-51-48(32-45)47-19-8-10-21-50(47)55-51/h1-27,31-32,36-38H,28-30,33-35H2. The van der Waals surface area contributed by atoms with E-state index in [0.717, 1.165) is 40.5 Å². The van der Waals surface area contributed by atoms with Gasteiger partial charge in [0.1, 0.15) is 0 Å². The van der Waals surface area contributed by atoms with E-state index in [1.54, 1.807) is 5.56 Å². The third-order valence-corrected chi connectivity index (χ3v) is 14.1. The van der Waals surface area contributed by atoms with Gasteiger partial charge in [0.25, 0.3) is 0 Å². The molecule has 3 heteroatoms. The van der Waals surface area contributed by atoms with Crippen molar-refractivity contribution in [1.29, 1.82) is 0 Å². The van der Waals surface area contributed by atoms with Gasteiger partial charge in [0, 0.05) is 54.2 Å². The molecule has 268 valence electrons. The molecule has 0 aliphatic heterocycles.